The molecule has 4 rings (SSSR count). The topological polar surface area (TPSA) is 75.7 Å². The number of nitrogens with one attached hydrogen (secondary N) is 1. The van der Waals surface area contributed by atoms with Gasteiger partial charge < -0.3 is 10.1 Å². The molecule has 0 radical (unpaired) electrons. The van der Waals surface area contributed by atoms with E-state index in [4.69, 9.17) is 16.3 Å². The number of benzene rings is 2. The average Bonchev–Trinajstić information content (AvgIpc) is 3.45. The van der Waals surface area contributed by atoms with E-state index in [0.29, 0.717) is 16.5 Å². The molecule has 1 atom stereocenters. The van der Waals surface area contributed by atoms with Crippen molar-refractivity contribution >= 4 is 33.2 Å². The number of ether oxygens (including phenoxy) is 1. The number of aryl methyl sites for hydroxylation is 1. The molecular formula is C19H19ClN2O4S. The molecule has 0 spiro atoms. The minimum Gasteiger partial charge on any atom is -0.476 e. The number of amides is 1. The molecule has 0 aromatic heterocycles. The minimum absolute atomic E-state index is 0.109. The molecule has 2 aromatic carbocycles. The molecule has 2 aromatic rings. The number of rotatable bonds is 4. The monoisotopic (exact) mass is 406 g/mol. The van der Waals surface area contributed by atoms with Gasteiger partial charge in [0, 0.05) is 11.1 Å². The third kappa shape index (κ3) is 3.61. The van der Waals surface area contributed by atoms with Gasteiger partial charge in [0.1, 0.15) is 5.75 Å². The summed E-state index contributed by atoms with van der Waals surface area (Å²) < 4.78 is 33.5. The first-order valence-electron chi connectivity index (χ1n) is 8.70. The van der Waals surface area contributed by atoms with Crippen LogP contribution in [0.15, 0.2) is 47.4 Å². The minimum atomic E-state index is -3.87. The first-order valence-corrected chi connectivity index (χ1v) is 10.5. The highest BCUT2D eigenvalue weighted by atomic mass is 35.5. The Hall–Kier alpha value is -2.25. The van der Waals surface area contributed by atoms with Gasteiger partial charge in [-0.15, -0.1) is 0 Å². The highest BCUT2D eigenvalue weighted by molar-refractivity contribution is 7.92. The number of fused-ring (bicyclic) bond motifs is 1. The fourth-order valence-electron chi connectivity index (χ4n) is 2.95. The number of halogens is 1. The molecule has 1 N–H and O–H groups in total. The second kappa shape index (κ2) is 6.73. The Morgan fingerprint density at radius 3 is 2.56 bits per heavy atom. The second-order valence-corrected chi connectivity index (χ2v) is 9.15. The Bertz CT molecular complexity index is 987. The lowest BCUT2D eigenvalue weighted by atomic mass is 10.2. The number of anilines is 1. The van der Waals surface area contributed by atoms with Crippen LogP contribution < -0.4 is 14.4 Å². The van der Waals surface area contributed by atoms with Crippen LogP contribution >= 0.6 is 11.6 Å². The summed E-state index contributed by atoms with van der Waals surface area (Å²) in [5.41, 5.74) is 1.29. The normalized spacial score (nSPS) is 19.2. The van der Waals surface area contributed by atoms with Gasteiger partial charge in [-0.25, -0.2) is 8.42 Å². The van der Waals surface area contributed by atoms with E-state index in [-0.39, 0.29) is 23.4 Å². The Morgan fingerprint density at radius 1 is 1.19 bits per heavy atom. The van der Waals surface area contributed by atoms with Crippen LogP contribution in [0.5, 0.6) is 5.75 Å². The van der Waals surface area contributed by atoms with E-state index in [9.17, 15) is 13.2 Å². The van der Waals surface area contributed by atoms with Gasteiger partial charge in [0.2, 0.25) is 0 Å². The Morgan fingerprint density at radius 2 is 1.89 bits per heavy atom. The summed E-state index contributed by atoms with van der Waals surface area (Å²) in [6.45, 7) is 1.78. The zero-order chi connectivity index (χ0) is 19.2. The molecule has 6 nitrogen and oxygen atoms in total. The van der Waals surface area contributed by atoms with Crippen LogP contribution in [-0.2, 0) is 14.8 Å². The van der Waals surface area contributed by atoms with Crippen LogP contribution in [0.25, 0.3) is 0 Å². The van der Waals surface area contributed by atoms with E-state index in [1.165, 1.54) is 10.4 Å². The van der Waals surface area contributed by atoms with Gasteiger partial charge in [0.15, 0.2) is 6.10 Å². The lowest BCUT2D eigenvalue weighted by molar-refractivity contribution is -0.127. The molecule has 1 aliphatic carbocycles. The van der Waals surface area contributed by atoms with Gasteiger partial charge in [0.05, 0.1) is 17.1 Å². The van der Waals surface area contributed by atoms with Crippen LogP contribution in [0.4, 0.5) is 5.69 Å². The predicted molar refractivity (Wildman–Crippen MR) is 103 cm³/mol. The zero-order valence-electron chi connectivity index (χ0n) is 14.7. The van der Waals surface area contributed by atoms with Crippen LogP contribution in [0, 0.1) is 6.92 Å². The van der Waals surface area contributed by atoms with E-state index in [0.717, 1.165) is 18.4 Å². The van der Waals surface area contributed by atoms with E-state index in [1.54, 1.807) is 36.4 Å². The van der Waals surface area contributed by atoms with E-state index >= 15 is 0 Å². The Labute approximate surface area is 163 Å². The molecule has 0 bridgehead atoms. The molecule has 1 aliphatic heterocycles. The van der Waals surface area contributed by atoms with Crippen molar-refractivity contribution in [2.75, 3.05) is 10.8 Å². The highest BCUT2D eigenvalue weighted by Crippen LogP contribution is 2.39. The van der Waals surface area contributed by atoms with Gasteiger partial charge in [0.25, 0.3) is 15.9 Å². The maximum absolute atomic E-state index is 13.3. The van der Waals surface area contributed by atoms with Gasteiger partial charge in [-0.05, 0) is 50.1 Å². The summed E-state index contributed by atoms with van der Waals surface area (Å²) >= 11 is 6.08. The highest BCUT2D eigenvalue weighted by Gasteiger charge is 2.39. The van der Waals surface area contributed by atoms with Crippen molar-refractivity contribution in [1.82, 2.24) is 5.32 Å². The SMILES string of the molecule is Cc1ccc(S(=O)(=O)N2C[C@@H](C(=O)NC3CC3)Oc3ccc(Cl)cc32)cc1. The summed E-state index contributed by atoms with van der Waals surface area (Å²) in [6.07, 6.45) is 0.964. The lowest BCUT2D eigenvalue weighted by Crippen LogP contribution is -2.51. The van der Waals surface area contributed by atoms with Crippen molar-refractivity contribution in [2.24, 2.45) is 0 Å². The van der Waals surface area contributed by atoms with Crippen molar-refractivity contribution < 1.29 is 17.9 Å². The molecular weight excluding hydrogens is 388 g/mol. The third-order valence-electron chi connectivity index (χ3n) is 4.62. The molecule has 1 heterocycles. The van der Waals surface area contributed by atoms with Crippen molar-refractivity contribution in [3.63, 3.8) is 0 Å². The Balaban J connectivity index is 1.73. The average molecular weight is 407 g/mol. The van der Waals surface area contributed by atoms with Gasteiger partial charge in [-0.1, -0.05) is 29.3 Å². The number of sulfonamides is 1. The second-order valence-electron chi connectivity index (χ2n) is 6.85. The van der Waals surface area contributed by atoms with Gasteiger partial charge >= 0.3 is 0 Å². The molecule has 0 unspecified atom stereocenters. The van der Waals surface area contributed by atoms with Crippen LogP contribution in [0.3, 0.4) is 0 Å². The third-order valence-corrected chi connectivity index (χ3v) is 6.64. The van der Waals surface area contributed by atoms with Crippen molar-refractivity contribution in [1.29, 1.82) is 0 Å². The fourth-order valence-corrected chi connectivity index (χ4v) is 4.58. The summed E-state index contributed by atoms with van der Waals surface area (Å²) in [7, 11) is -3.87. The summed E-state index contributed by atoms with van der Waals surface area (Å²) in [4.78, 5) is 12.7. The lowest BCUT2D eigenvalue weighted by Gasteiger charge is -2.35. The van der Waals surface area contributed by atoms with Crippen LogP contribution in [0.1, 0.15) is 18.4 Å². The van der Waals surface area contributed by atoms with Gasteiger partial charge in [-0.2, -0.15) is 0 Å². The first kappa shape index (κ1) is 18.1. The number of hydrogen-bond donors (Lipinski definition) is 1. The largest absolute Gasteiger partial charge is 0.476 e. The molecule has 1 fully saturated rings. The molecule has 2 aliphatic rings. The number of carbonyl (C=O) groups excluding carboxylic acids is 1. The molecule has 8 heteroatoms. The summed E-state index contributed by atoms with van der Waals surface area (Å²) in [5.74, 6) is 0.0134. The number of hydrogen-bond acceptors (Lipinski definition) is 4. The first-order chi connectivity index (χ1) is 12.8. The Kier molecular flexibility index (Phi) is 4.52. The fraction of sp³-hybridized carbons (Fsp3) is 0.316. The predicted octanol–water partition coefficient (Wildman–Crippen LogP) is 2.88. The molecule has 0 saturated heterocycles. The molecule has 142 valence electrons. The maximum Gasteiger partial charge on any atom is 0.264 e. The van der Waals surface area contributed by atoms with E-state index in [1.807, 2.05) is 6.92 Å². The molecule has 1 amide bonds. The standard InChI is InChI=1S/C19H19ClN2O4S/c1-12-2-7-15(8-3-12)27(24,25)22-11-18(19(23)21-14-5-6-14)26-17-9-4-13(20)10-16(17)22/h2-4,7-10,14,18H,5-6,11H2,1H3,(H,21,23)/t18-/m0/s1. The zero-order valence-corrected chi connectivity index (χ0v) is 16.3. The van der Waals surface area contributed by atoms with Crippen LogP contribution in [0.2, 0.25) is 5.02 Å². The summed E-state index contributed by atoms with van der Waals surface area (Å²) in [5, 5.41) is 3.26. The number of nitrogens with zero attached hydrogens (tertiary/aromatic N) is 1. The van der Waals surface area contributed by atoms with E-state index < -0.39 is 16.1 Å². The van der Waals surface area contributed by atoms with Crippen molar-refractivity contribution in [3.8, 4) is 5.75 Å². The van der Waals surface area contributed by atoms with Crippen molar-refractivity contribution in [2.45, 2.75) is 36.8 Å². The smallest absolute Gasteiger partial charge is 0.264 e. The van der Waals surface area contributed by atoms with E-state index in [2.05, 4.69) is 5.32 Å². The molecule has 27 heavy (non-hydrogen) atoms. The summed E-state index contributed by atoms with van der Waals surface area (Å²) in [6, 6.07) is 11.5. The van der Waals surface area contributed by atoms with Crippen LogP contribution in [-0.4, -0.2) is 33.0 Å². The van der Waals surface area contributed by atoms with Crippen molar-refractivity contribution in [3.05, 3.63) is 53.1 Å². The number of carbonyl (C=O) groups is 1. The maximum atomic E-state index is 13.3. The van der Waals surface area contributed by atoms with Gasteiger partial charge in [-0.3, -0.25) is 9.10 Å². The molecule has 1 saturated carbocycles. The quantitative estimate of drug-likeness (QED) is 0.847.